The molecule has 2 rings (SSSR count). The van der Waals surface area contributed by atoms with Gasteiger partial charge in [0.15, 0.2) is 0 Å². The number of hydrogen-bond acceptors (Lipinski definition) is 3. The van der Waals surface area contributed by atoms with Crippen LogP contribution in [-0.2, 0) is 19.4 Å². The van der Waals surface area contributed by atoms with E-state index in [2.05, 4.69) is 39.0 Å². The molecule has 1 heterocycles. The summed E-state index contributed by atoms with van der Waals surface area (Å²) in [5.74, 6) is 0. The predicted molar refractivity (Wildman–Crippen MR) is 125 cm³/mol. The molecular weight excluding hydrogens is 386 g/mol. The molecule has 0 aliphatic rings. The lowest BCUT2D eigenvalue weighted by Crippen LogP contribution is -2.44. The van der Waals surface area contributed by atoms with Gasteiger partial charge in [-0.3, -0.25) is 9.88 Å². The number of carbonyl (C=O) groups is 1. The van der Waals surface area contributed by atoms with Crippen molar-refractivity contribution in [3.05, 3.63) is 52.3 Å². The number of nitrogens with zero attached hydrogens (tertiary/aromatic N) is 3. The zero-order valence-electron chi connectivity index (χ0n) is 20.1. The summed E-state index contributed by atoms with van der Waals surface area (Å²) in [6, 6.07) is 10.5. The molecule has 0 atom stereocenters. The van der Waals surface area contributed by atoms with Crippen molar-refractivity contribution in [2.75, 3.05) is 0 Å². The Hall–Kier alpha value is -2.87. The Morgan fingerprint density at radius 1 is 1.06 bits per heavy atom. The maximum absolute atomic E-state index is 12.2. The second-order valence-electron chi connectivity index (χ2n) is 10.5. The maximum atomic E-state index is 12.2. The first kappa shape index (κ1) is 24.4. The summed E-state index contributed by atoms with van der Waals surface area (Å²) < 4.78 is 0. The average Bonchev–Trinajstić information content (AvgIpc) is 2.61. The molecule has 0 saturated carbocycles. The van der Waals surface area contributed by atoms with E-state index in [1.54, 1.807) is 0 Å². The third-order valence-corrected chi connectivity index (χ3v) is 5.34. The molecule has 1 amide bonds. The van der Waals surface area contributed by atoms with Crippen molar-refractivity contribution in [3.8, 4) is 17.2 Å². The lowest BCUT2D eigenvalue weighted by atomic mass is 9.84. The molecule has 0 radical (unpaired) electrons. The Labute approximate surface area is 186 Å². The first-order valence-electron chi connectivity index (χ1n) is 10.7. The van der Waals surface area contributed by atoms with E-state index < -0.39 is 11.6 Å². The second kappa shape index (κ2) is 9.09. The molecule has 5 heteroatoms. The smallest absolute Gasteiger partial charge is 0.408 e. The Balaban J connectivity index is 2.89. The number of amides is 1. The van der Waals surface area contributed by atoms with Crippen molar-refractivity contribution in [1.82, 2.24) is 9.88 Å². The van der Waals surface area contributed by atoms with E-state index >= 15 is 0 Å². The summed E-state index contributed by atoms with van der Waals surface area (Å²) in [4.78, 5) is 18.5. The molecular formula is C26H35N3O2. The number of nitriles is 1. The van der Waals surface area contributed by atoms with Crippen LogP contribution >= 0.6 is 0 Å². The first-order valence-corrected chi connectivity index (χ1v) is 10.7. The van der Waals surface area contributed by atoms with Crippen molar-refractivity contribution in [1.29, 1.82) is 5.26 Å². The van der Waals surface area contributed by atoms with Crippen LogP contribution in [0.25, 0.3) is 11.1 Å². The van der Waals surface area contributed by atoms with Gasteiger partial charge in [-0.1, -0.05) is 50.6 Å². The summed E-state index contributed by atoms with van der Waals surface area (Å²) in [7, 11) is 0. The monoisotopic (exact) mass is 421 g/mol. The number of hydrogen-bond donors (Lipinski definition) is 1. The van der Waals surface area contributed by atoms with Gasteiger partial charge in [0.25, 0.3) is 0 Å². The molecule has 0 fully saturated rings. The molecule has 0 saturated heterocycles. The van der Waals surface area contributed by atoms with Gasteiger partial charge >= 0.3 is 6.09 Å². The minimum absolute atomic E-state index is 0.0226. The fourth-order valence-electron chi connectivity index (χ4n) is 3.78. The Kier molecular flexibility index (Phi) is 7.16. The van der Waals surface area contributed by atoms with Gasteiger partial charge in [0, 0.05) is 22.5 Å². The summed E-state index contributed by atoms with van der Waals surface area (Å²) in [5.41, 5.74) is 5.99. The number of aryl methyl sites for hydroxylation is 2. The fourth-order valence-corrected chi connectivity index (χ4v) is 3.78. The number of aromatic nitrogens is 1. The third-order valence-electron chi connectivity index (χ3n) is 5.34. The summed E-state index contributed by atoms with van der Waals surface area (Å²) in [6.07, 6.45) is -0.0219. The molecule has 0 aliphatic carbocycles. The van der Waals surface area contributed by atoms with E-state index in [9.17, 15) is 15.2 Å². The highest BCUT2D eigenvalue weighted by Crippen LogP contribution is 2.36. The van der Waals surface area contributed by atoms with Gasteiger partial charge in [-0.2, -0.15) is 5.26 Å². The van der Waals surface area contributed by atoms with Gasteiger partial charge in [-0.15, -0.1) is 0 Å². The van der Waals surface area contributed by atoms with Crippen LogP contribution in [0.1, 0.15) is 69.6 Å². The zero-order valence-corrected chi connectivity index (χ0v) is 20.1. The van der Waals surface area contributed by atoms with Crippen LogP contribution in [0.4, 0.5) is 4.79 Å². The minimum atomic E-state index is -0.966. The number of rotatable bonds is 5. The van der Waals surface area contributed by atoms with Crippen molar-refractivity contribution in [2.24, 2.45) is 5.41 Å². The normalized spacial score (nSPS) is 11.8. The van der Waals surface area contributed by atoms with Crippen LogP contribution in [0.5, 0.6) is 0 Å². The topological polar surface area (TPSA) is 77.2 Å². The molecule has 31 heavy (non-hydrogen) atoms. The quantitative estimate of drug-likeness (QED) is 0.614. The number of benzene rings is 1. The molecule has 1 aromatic heterocycles. The highest BCUT2D eigenvalue weighted by Gasteiger charge is 2.30. The molecule has 0 aliphatic heterocycles. The van der Waals surface area contributed by atoms with Gasteiger partial charge in [-0.05, 0) is 63.1 Å². The summed E-state index contributed by atoms with van der Waals surface area (Å²) >= 11 is 0. The van der Waals surface area contributed by atoms with Gasteiger partial charge in [0.05, 0.1) is 19.0 Å². The lowest BCUT2D eigenvalue weighted by molar-refractivity contribution is 0.0953. The lowest BCUT2D eigenvalue weighted by Gasteiger charge is -2.35. The van der Waals surface area contributed by atoms with Gasteiger partial charge < -0.3 is 5.11 Å². The molecule has 0 spiro atoms. The van der Waals surface area contributed by atoms with Crippen LogP contribution in [0.15, 0.2) is 24.3 Å². The predicted octanol–water partition coefficient (Wildman–Crippen LogP) is 6.30. The van der Waals surface area contributed by atoms with Crippen molar-refractivity contribution >= 4 is 6.09 Å². The third kappa shape index (κ3) is 6.07. The van der Waals surface area contributed by atoms with Crippen molar-refractivity contribution in [2.45, 2.75) is 80.3 Å². The van der Waals surface area contributed by atoms with Crippen LogP contribution in [0.3, 0.4) is 0 Å². The summed E-state index contributed by atoms with van der Waals surface area (Å²) in [5, 5.41) is 19.5. The van der Waals surface area contributed by atoms with Gasteiger partial charge in [-0.25, -0.2) is 4.79 Å². The van der Waals surface area contributed by atoms with Crippen molar-refractivity contribution < 1.29 is 9.90 Å². The Morgan fingerprint density at radius 3 is 2.10 bits per heavy atom. The molecule has 5 nitrogen and oxygen atoms in total. The molecule has 166 valence electrons. The van der Waals surface area contributed by atoms with E-state index in [1.165, 1.54) is 4.90 Å². The van der Waals surface area contributed by atoms with Crippen LogP contribution in [-0.4, -0.2) is 26.6 Å². The first-order chi connectivity index (χ1) is 14.2. The van der Waals surface area contributed by atoms with Crippen LogP contribution in [0, 0.1) is 30.6 Å². The largest absolute Gasteiger partial charge is 0.465 e. The highest BCUT2D eigenvalue weighted by molar-refractivity contribution is 5.74. The summed E-state index contributed by atoms with van der Waals surface area (Å²) in [6.45, 7) is 16.4. The van der Waals surface area contributed by atoms with E-state index in [0.29, 0.717) is 6.42 Å². The van der Waals surface area contributed by atoms with Crippen LogP contribution < -0.4 is 0 Å². The standard InChI is InChI=1S/C26H35N3O2/c1-17-9-11-19(12-10-17)23-20(13-14-27)18(2)28-22(15-25(3,4)5)21(23)16-29(24(30)31)26(6,7)8/h9-12H,13,15-16H2,1-8H3,(H,30,31). The minimum Gasteiger partial charge on any atom is -0.465 e. The molecule has 0 bridgehead atoms. The Morgan fingerprint density at radius 2 is 1.65 bits per heavy atom. The van der Waals surface area contributed by atoms with Gasteiger partial charge in [0.2, 0.25) is 0 Å². The van der Waals surface area contributed by atoms with Crippen molar-refractivity contribution in [3.63, 3.8) is 0 Å². The highest BCUT2D eigenvalue weighted by atomic mass is 16.4. The van der Waals surface area contributed by atoms with E-state index in [0.717, 1.165) is 39.2 Å². The second-order valence-corrected chi connectivity index (χ2v) is 10.5. The van der Waals surface area contributed by atoms with Crippen LogP contribution in [0.2, 0.25) is 0 Å². The zero-order chi connectivity index (χ0) is 23.6. The molecule has 2 aromatic rings. The maximum Gasteiger partial charge on any atom is 0.408 e. The van der Waals surface area contributed by atoms with E-state index in [-0.39, 0.29) is 18.4 Å². The average molecular weight is 422 g/mol. The molecule has 1 N–H and O–H groups in total. The van der Waals surface area contributed by atoms with E-state index in [1.807, 2.05) is 46.8 Å². The van der Waals surface area contributed by atoms with E-state index in [4.69, 9.17) is 4.98 Å². The number of pyridine rings is 1. The molecule has 0 unspecified atom stereocenters. The SMILES string of the molecule is Cc1ccc(-c2c(CC#N)c(C)nc(CC(C)(C)C)c2CN(C(=O)O)C(C)(C)C)cc1. The number of carboxylic acid groups (broad SMARTS) is 1. The molecule has 1 aromatic carbocycles. The fraction of sp³-hybridized carbons (Fsp3) is 0.500. The van der Waals surface area contributed by atoms with Gasteiger partial charge in [0.1, 0.15) is 0 Å². The Bertz CT molecular complexity index is 988.